The quantitative estimate of drug-likeness (QED) is 0.259. The molecule has 0 radical (unpaired) electrons. The summed E-state index contributed by atoms with van der Waals surface area (Å²) in [6, 6.07) is 0. The SMILES string of the molecule is ICNNI. The van der Waals surface area contributed by atoms with Crippen LogP contribution in [0.1, 0.15) is 0 Å². The number of hydrogen-bond acceptors (Lipinski definition) is 2. The molecule has 0 aromatic carbocycles. The molecule has 0 fully saturated rings. The summed E-state index contributed by atoms with van der Waals surface area (Å²) in [5, 5.41) is 0. The maximum absolute atomic E-state index is 2.83. The van der Waals surface area contributed by atoms with E-state index in [2.05, 4.69) is 31.7 Å². The van der Waals surface area contributed by atoms with Gasteiger partial charge in [-0.2, -0.15) is 3.64 Å². The lowest BCUT2D eigenvalue weighted by Crippen LogP contribution is -2.18. The molecule has 0 atom stereocenters. The van der Waals surface area contributed by atoms with Crippen LogP contribution in [0.5, 0.6) is 0 Å². The third kappa shape index (κ3) is 5.38. The predicted molar refractivity (Wildman–Crippen MR) is 39.2 cm³/mol. The Kier molecular flexibility index (Phi) is 6.86. The van der Waals surface area contributed by atoms with Gasteiger partial charge in [-0.1, -0.05) is 22.6 Å². The fourth-order valence-electron chi connectivity index (χ4n) is 0.0253. The van der Waals surface area contributed by atoms with Gasteiger partial charge in [0.15, 0.2) is 0 Å². The van der Waals surface area contributed by atoms with Crippen LogP contribution in [0.2, 0.25) is 0 Å². The molecule has 0 rings (SSSR count). The molecule has 0 aromatic rings. The predicted octanol–water partition coefficient (Wildman–Crippen LogP) is 0.823. The van der Waals surface area contributed by atoms with Gasteiger partial charge in [0.2, 0.25) is 0 Å². The van der Waals surface area contributed by atoms with Crippen LogP contribution in [0.4, 0.5) is 0 Å². The monoisotopic (exact) mass is 298 g/mol. The summed E-state index contributed by atoms with van der Waals surface area (Å²) in [4.78, 5) is 0. The first-order valence-corrected chi connectivity index (χ1v) is 3.66. The number of hydrogen-bond donors (Lipinski definition) is 2. The molecule has 0 bridgehead atoms. The molecule has 0 saturated heterocycles. The molecular weight excluding hydrogens is 294 g/mol. The van der Waals surface area contributed by atoms with Crippen molar-refractivity contribution in [1.29, 1.82) is 0 Å². The molecule has 0 aliphatic rings. The van der Waals surface area contributed by atoms with Gasteiger partial charge in [-0.15, -0.1) is 0 Å². The van der Waals surface area contributed by atoms with Crippen LogP contribution >= 0.6 is 45.5 Å². The third-order valence-electron chi connectivity index (χ3n) is 0.134. The van der Waals surface area contributed by atoms with Crippen LogP contribution in [0.3, 0.4) is 0 Å². The van der Waals surface area contributed by atoms with Crippen molar-refractivity contribution in [2.24, 2.45) is 0 Å². The van der Waals surface area contributed by atoms with Crippen molar-refractivity contribution < 1.29 is 0 Å². The van der Waals surface area contributed by atoms with E-state index in [4.69, 9.17) is 0 Å². The molecule has 0 aromatic heterocycles. The van der Waals surface area contributed by atoms with Gasteiger partial charge in [-0.3, -0.25) is 0 Å². The lowest BCUT2D eigenvalue weighted by molar-refractivity contribution is 0.837. The van der Waals surface area contributed by atoms with Crippen LogP contribution < -0.4 is 9.06 Å². The Morgan fingerprint density at radius 1 is 1.60 bits per heavy atom. The summed E-state index contributed by atoms with van der Waals surface area (Å²) in [5.41, 5.74) is 2.83. The van der Waals surface area contributed by atoms with Crippen molar-refractivity contribution in [3.05, 3.63) is 0 Å². The Labute approximate surface area is 58.7 Å². The number of nitrogens with one attached hydrogen (secondary N) is 2. The van der Waals surface area contributed by atoms with Crippen LogP contribution in [-0.2, 0) is 0 Å². The largest absolute Gasteiger partial charge is 0.239 e. The standard InChI is InChI=1S/CH4I2N2/c2-1-4-5-3/h4-5H,1H2. The van der Waals surface area contributed by atoms with E-state index in [-0.39, 0.29) is 0 Å². The van der Waals surface area contributed by atoms with Gasteiger partial charge < -0.3 is 0 Å². The molecule has 32 valence electrons. The molecular formula is CH4I2N2. The average molecular weight is 298 g/mol. The summed E-state index contributed by atoms with van der Waals surface area (Å²) in [6.45, 7) is 0. The summed E-state index contributed by atoms with van der Waals surface area (Å²) >= 11 is 4.23. The van der Waals surface area contributed by atoms with Gasteiger partial charge in [0.05, 0.1) is 4.55 Å². The van der Waals surface area contributed by atoms with E-state index in [1.165, 1.54) is 0 Å². The van der Waals surface area contributed by atoms with Crippen LogP contribution in [0, 0.1) is 0 Å². The maximum atomic E-state index is 2.83. The Balaban J connectivity index is 2.19. The molecule has 0 spiro atoms. The van der Waals surface area contributed by atoms with Gasteiger partial charge >= 0.3 is 0 Å². The molecule has 0 heterocycles. The molecule has 0 aliphatic carbocycles. The molecule has 0 aliphatic heterocycles. The summed E-state index contributed by atoms with van der Waals surface area (Å²) in [5.74, 6) is 0. The van der Waals surface area contributed by atoms with Crippen molar-refractivity contribution in [3.8, 4) is 0 Å². The summed E-state index contributed by atoms with van der Waals surface area (Å²) < 4.78 is 3.68. The Bertz CT molecular complexity index is 15.1. The van der Waals surface area contributed by atoms with E-state index in [9.17, 15) is 0 Å². The number of alkyl halides is 1. The first kappa shape index (κ1) is 6.38. The number of halogens is 2. The van der Waals surface area contributed by atoms with E-state index in [1.807, 2.05) is 22.9 Å². The highest BCUT2D eigenvalue weighted by molar-refractivity contribution is 14.1. The fourth-order valence-corrected chi connectivity index (χ4v) is 1.14. The lowest BCUT2D eigenvalue weighted by Gasteiger charge is -1.86. The Hall–Kier alpha value is 1.38. The number of hydrazine groups is 1. The van der Waals surface area contributed by atoms with Gasteiger partial charge in [0.25, 0.3) is 0 Å². The van der Waals surface area contributed by atoms with Crippen molar-refractivity contribution in [2.75, 3.05) is 4.55 Å². The van der Waals surface area contributed by atoms with E-state index >= 15 is 0 Å². The van der Waals surface area contributed by atoms with E-state index in [0.717, 1.165) is 4.55 Å². The van der Waals surface area contributed by atoms with Gasteiger partial charge in [-0.25, -0.2) is 5.43 Å². The maximum Gasteiger partial charge on any atom is 0.0626 e. The Morgan fingerprint density at radius 2 is 2.20 bits per heavy atom. The average Bonchev–Trinajstić information content (AvgIpc) is 1.41. The minimum absolute atomic E-state index is 0.945. The third-order valence-corrected chi connectivity index (χ3v) is 0.896. The molecule has 4 heteroatoms. The van der Waals surface area contributed by atoms with Gasteiger partial charge in [0.1, 0.15) is 0 Å². The molecule has 0 unspecified atom stereocenters. The smallest absolute Gasteiger partial charge is 0.0626 e. The van der Waals surface area contributed by atoms with E-state index < -0.39 is 0 Å². The second-order valence-corrected chi connectivity index (χ2v) is 1.71. The zero-order valence-electron chi connectivity index (χ0n) is 2.46. The van der Waals surface area contributed by atoms with Gasteiger partial charge in [0, 0.05) is 22.9 Å². The zero-order valence-corrected chi connectivity index (χ0v) is 6.78. The van der Waals surface area contributed by atoms with Gasteiger partial charge in [-0.05, 0) is 0 Å². The summed E-state index contributed by atoms with van der Waals surface area (Å²) in [7, 11) is 0. The highest BCUT2D eigenvalue weighted by Gasteiger charge is 1.63. The van der Waals surface area contributed by atoms with E-state index in [0.29, 0.717) is 0 Å². The van der Waals surface area contributed by atoms with Crippen molar-refractivity contribution in [2.45, 2.75) is 0 Å². The van der Waals surface area contributed by atoms with Crippen molar-refractivity contribution >= 4 is 45.5 Å². The molecule has 2 N–H and O–H groups in total. The molecule has 5 heavy (non-hydrogen) atoms. The topological polar surface area (TPSA) is 24.1 Å². The summed E-state index contributed by atoms with van der Waals surface area (Å²) in [6.07, 6.45) is 0. The second-order valence-electron chi connectivity index (χ2n) is 0.405. The van der Waals surface area contributed by atoms with Crippen molar-refractivity contribution in [1.82, 2.24) is 9.06 Å². The molecule has 0 amide bonds. The van der Waals surface area contributed by atoms with Crippen LogP contribution in [-0.4, -0.2) is 4.55 Å². The van der Waals surface area contributed by atoms with E-state index in [1.54, 1.807) is 0 Å². The van der Waals surface area contributed by atoms with Crippen LogP contribution in [0.25, 0.3) is 0 Å². The molecule has 0 saturated carbocycles. The second kappa shape index (κ2) is 5.38. The highest BCUT2D eigenvalue weighted by atomic mass is 127. The first-order chi connectivity index (χ1) is 2.41. The minimum atomic E-state index is 0.945. The zero-order chi connectivity index (χ0) is 4.12. The lowest BCUT2D eigenvalue weighted by atomic mass is 11.5. The number of rotatable bonds is 2. The Morgan fingerprint density at radius 3 is 2.20 bits per heavy atom. The first-order valence-electron chi connectivity index (χ1n) is 1.06. The normalized spacial score (nSPS) is 8.40. The fraction of sp³-hybridized carbons (Fsp3) is 1.00. The molecule has 2 nitrogen and oxygen atoms in total. The highest BCUT2D eigenvalue weighted by Crippen LogP contribution is 1.69. The minimum Gasteiger partial charge on any atom is -0.239 e. The van der Waals surface area contributed by atoms with Crippen molar-refractivity contribution in [3.63, 3.8) is 0 Å². The van der Waals surface area contributed by atoms with Crippen LogP contribution in [0.15, 0.2) is 0 Å².